The van der Waals surface area contributed by atoms with Crippen LogP contribution >= 0.6 is 0 Å². The number of aromatic nitrogens is 3. The molecule has 0 radical (unpaired) electrons. The second-order valence-corrected chi connectivity index (χ2v) is 7.51. The molecule has 1 unspecified atom stereocenters. The molecule has 0 amide bonds. The van der Waals surface area contributed by atoms with Crippen molar-refractivity contribution < 1.29 is 26.3 Å². The van der Waals surface area contributed by atoms with E-state index in [0.29, 0.717) is 5.56 Å². The summed E-state index contributed by atoms with van der Waals surface area (Å²) < 4.78 is 69.3. The van der Waals surface area contributed by atoms with Gasteiger partial charge >= 0.3 is 6.36 Å². The van der Waals surface area contributed by atoms with E-state index in [2.05, 4.69) is 19.5 Å². The van der Waals surface area contributed by atoms with Crippen molar-refractivity contribution in [2.75, 3.05) is 0 Å². The molecular weight excluding hydrogens is 397 g/mol. The van der Waals surface area contributed by atoms with Gasteiger partial charge in [0.2, 0.25) is 10.0 Å². The minimum Gasteiger partial charge on any atom is -0.406 e. The monoisotopic (exact) mass is 412 g/mol. The zero-order valence-electron chi connectivity index (χ0n) is 14.5. The molecule has 0 bridgehead atoms. The van der Waals surface area contributed by atoms with Crippen LogP contribution in [0.25, 0.3) is 5.69 Å². The maximum absolute atomic E-state index is 12.5. The molecule has 0 fully saturated rings. The maximum Gasteiger partial charge on any atom is 0.573 e. The van der Waals surface area contributed by atoms with Gasteiger partial charge in [-0.25, -0.2) is 22.8 Å². The predicted octanol–water partition coefficient (Wildman–Crippen LogP) is 3.21. The Morgan fingerprint density at radius 2 is 1.71 bits per heavy atom. The van der Waals surface area contributed by atoms with Gasteiger partial charge in [-0.05, 0) is 48.9 Å². The van der Waals surface area contributed by atoms with Crippen LogP contribution in [0, 0.1) is 0 Å². The summed E-state index contributed by atoms with van der Waals surface area (Å²) in [4.78, 5) is 3.68. The summed E-state index contributed by atoms with van der Waals surface area (Å²) in [6.07, 6.45) is -1.91. The zero-order chi connectivity index (χ0) is 20.4. The number of hydrogen-bond donors (Lipinski definition) is 1. The number of rotatable bonds is 6. The SMILES string of the molecule is CC(NS(=O)(=O)c1ccc(OC(F)(F)F)cc1)c1ccc(-n2cncn2)cc1. The Balaban J connectivity index is 1.71. The molecule has 1 heterocycles. The highest BCUT2D eigenvalue weighted by molar-refractivity contribution is 7.89. The standard InChI is InChI=1S/C17H15F3N4O3S/c1-12(13-2-4-14(5-3-13)24-11-21-10-22-24)23-28(25,26)16-8-6-15(7-9-16)27-17(18,19)20/h2-12,23H,1H3. The van der Waals surface area contributed by atoms with E-state index in [1.807, 2.05) is 0 Å². The zero-order valence-corrected chi connectivity index (χ0v) is 15.3. The van der Waals surface area contributed by atoms with Gasteiger partial charge in [0.1, 0.15) is 18.4 Å². The molecule has 0 aliphatic rings. The first kappa shape index (κ1) is 19.8. The van der Waals surface area contributed by atoms with E-state index in [4.69, 9.17) is 0 Å². The smallest absolute Gasteiger partial charge is 0.406 e. The predicted molar refractivity (Wildman–Crippen MR) is 93.2 cm³/mol. The minimum atomic E-state index is -4.84. The lowest BCUT2D eigenvalue weighted by Gasteiger charge is -2.15. The Morgan fingerprint density at radius 3 is 2.25 bits per heavy atom. The van der Waals surface area contributed by atoms with Crippen molar-refractivity contribution in [3.05, 3.63) is 66.7 Å². The highest BCUT2D eigenvalue weighted by Crippen LogP contribution is 2.25. The molecule has 0 saturated carbocycles. The van der Waals surface area contributed by atoms with Crippen molar-refractivity contribution in [3.8, 4) is 11.4 Å². The lowest BCUT2D eigenvalue weighted by atomic mass is 10.1. The third kappa shape index (κ3) is 4.87. The molecule has 3 aromatic rings. The van der Waals surface area contributed by atoms with Gasteiger partial charge in [0.05, 0.1) is 10.6 Å². The third-order valence-electron chi connectivity index (χ3n) is 3.78. The molecule has 28 heavy (non-hydrogen) atoms. The van der Waals surface area contributed by atoms with Crippen LogP contribution < -0.4 is 9.46 Å². The van der Waals surface area contributed by atoms with E-state index >= 15 is 0 Å². The van der Waals surface area contributed by atoms with Gasteiger partial charge in [-0.2, -0.15) is 5.10 Å². The number of halogens is 3. The van der Waals surface area contributed by atoms with E-state index in [0.717, 1.165) is 30.0 Å². The quantitative estimate of drug-likeness (QED) is 0.672. The molecule has 0 aliphatic carbocycles. The van der Waals surface area contributed by atoms with Crippen molar-refractivity contribution in [1.29, 1.82) is 0 Å². The second-order valence-electron chi connectivity index (χ2n) is 5.79. The van der Waals surface area contributed by atoms with Gasteiger partial charge in [-0.15, -0.1) is 13.2 Å². The molecular formula is C17H15F3N4O3S. The number of nitrogens with one attached hydrogen (secondary N) is 1. The van der Waals surface area contributed by atoms with Crippen LogP contribution in [0.5, 0.6) is 5.75 Å². The number of benzene rings is 2. The first-order valence-corrected chi connectivity index (χ1v) is 9.45. The Morgan fingerprint density at radius 1 is 1.07 bits per heavy atom. The number of alkyl halides is 3. The summed E-state index contributed by atoms with van der Waals surface area (Å²) in [5, 5.41) is 4.00. The number of ether oxygens (including phenoxy) is 1. The molecule has 3 rings (SSSR count). The summed E-state index contributed by atoms with van der Waals surface area (Å²) in [5.74, 6) is -0.497. The summed E-state index contributed by atoms with van der Waals surface area (Å²) in [5.41, 5.74) is 1.46. The fourth-order valence-corrected chi connectivity index (χ4v) is 3.68. The van der Waals surface area contributed by atoms with E-state index in [1.165, 1.54) is 12.7 Å². The van der Waals surface area contributed by atoms with E-state index in [9.17, 15) is 21.6 Å². The molecule has 1 aromatic heterocycles. The van der Waals surface area contributed by atoms with Crippen molar-refractivity contribution in [3.63, 3.8) is 0 Å². The summed E-state index contributed by atoms with van der Waals surface area (Å²) >= 11 is 0. The molecule has 11 heteroatoms. The van der Waals surface area contributed by atoms with Crippen molar-refractivity contribution in [1.82, 2.24) is 19.5 Å². The molecule has 1 atom stereocenters. The normalized spacial score (nSPS) is 13.3. The van der Waals surface area contributed by atoms with E-state index in [-0.39, 0.29) is 4.90 Å². The highest BCUT2D eigenvalue weighted by atomic mass is 32.2. The van der Waals surface area contributed by atoms with E-state index < -0.39 is 28.2 Å². The molecule has 2 aromatic carbocycles. The lowest BCUT2D eigenvalue weighted by molar-refractivity contribution is -0.274. The lowest BCUT2D eigenvalue weighted by Crippen LogP contribution is -2.27. The number of sulfonamides is 1. The van der Waals surface area contributed by atoms with Gasteiger partial charge in [0.25, 0.3) is 0 Å². The van der Waals surface area contributed by atoms with Gasteiger partial charge in [0.15, 0.2) is 0 Å². The highest BCUT2D eigenvalue weighted by Gasteiger charge is 2.31. The average Bonchev–Trinajstić information content (AvgIpc) is 3.15. The molecule has 148 valence electrons. The average molecular weight is 412 g/mol. The van der Waals surface area contributed by atoms with Crippen molar-refractivity contribution >= 4 is 10.0 Å². The largest absolute Gasteiger partial charge is 0.573 e. The Kier molecular flexibility index (Phi) is 5.38. The molecule has 0 saturated heterocycles. The summed E-state index contributed by atoms with van der Waals surface area (Å²) in [7, 11) is -3.94. The second kappa shape index (κ2) is 7.60. The van der Waals surface area contributed by atoms with Crippen LogP contribution in [0.2, 0.25) is 0 Å². The molecule has 7 nitrogen and oxygen atoms in total. The summed E-state index contributed by atoms with van der Waals surface area (Å²) in [6, 6.07) is 10.4. The molecule has 0 spiro atoms. The van der Waals surface area contributed by atoms with E-state index in [1.54, 1.807) is 35.9 Å². The van der Waals surface area contributed by atoms with Gasteiger partial charge in [-0.3, -0.25) is 0 Å². The summed E-state index contributed by atoms with van der Waals surface area (Å²) in [6.45, 7) is 1.66. The first-order chi connectivity index (χ1) is 13.1. The van der Waals surface area contributed by atoms with Crippen LogP contribution in [0.3, 0.4) is 0 Å². The number of hydrogen-bond acceptors (Lipinski definition) is 5. The molecule has 1 N–H and O–H groups in total. The van der Waals surface area contributed by atoms with Gasteiger partial charge < -0.3 is 4.74 Å². The van der Waals surface area contributed by atoms with Crippen LogP contribution in [0.1, 0.15) is 18.5 Å². The fraction of sp³-hybridized carbons (Fsp3) is 0.176. The van der Waals surface area contributed by atoms with Gasteiger partial charge in [0, 0.05) is 6.04 Å². The van der Waals surface area contributed by atoms with Crippen LogP contribution in [-0.4, -0.2) is 29.5 Å². The topological polar surface area (TPSA) is 86.1 Å². The maximum atomic E-state index is 12.5. The fourth-order valence-electron chi connectivity index (χ4n) is 2.45. The van der Waals surface area contributed by atoms with Crippen molar-refractivity contribution in [2.45, 2.75) is 24.2 Å². The Labute approximate surface area is 158 Å². The third-order valence-corrected chi connectivity index (χ3v) is 5.33. The van der Waals surface area contributed by atoms with Crippen LogP contribution in [0.4, 0.5) is 13.2 Å². The van der Waals surface area contributed by atoms with Crippen LogP contribution in [-0.2, 0) is 10.0 Å². The van der Waals surface area contributed by atoms with Gasteiger partial charge in [-0.1, -0.05) is 12.1 Å². The Bertz CT molecular complexity index is 1020. The van der Waals surface area contributed by atoms with Crippen LogP contribution in [0.15, 0.2) is 66.1 Å². The molecule has 0 aliphatic heterocycles. The first-order valence-electron chi connectivity index (χ1n) is 7.97. The van der Waals surface area contributed by atoms with Crippen molar-refractivity contribution in [2.24, 2.45) is 0 Å². The Hall–Kier alpha value is -2.92. The minimum absolute atomic E-state index is 0.173. The number of nitrogens with zero attached hydrogens (tertiary/aromatic N) is 3.